The van der Waals surface area contributed by atoms with Crippen LogP contribution >= 0.6 is 0 Å². The summed E-state index contributed by atoms with van der Waals surface area (Å²) in [6.45, 7) is 2.55. The lowest BCUT2D eigenvalue weighted by Crippen LogP contribution is -2.14. The lowest BCUT2D eigenvalue weighted by atomic mass is 10.1. The number of aromatic nitrogens is 1. The van der Waals surface area contributed by atoms with Gasteiger partial charge in [-0.15, -0.1) is 0 Å². The molecule has 1 N–H and O–H groups in total. The molecule has 152 valence electrons. The van der Waals surface area contributed by atoms with Crippen molar-refractivity contribution in [1.29, 1.82) is 0 Å². The van der Waals surface area contributed by atoms with Gasteiger partial charge in [0.1, 0.15) is 17.0 Å². The molecular formula is C24H22N2O4. The Kier molecular flexibility index (Phi) is 5.66. The fourth-order valence-electron chi connectivity index (χ4n) is 3.12. The van der Waals surface area contributed by atoms with Crippen LogP contribution in [-0.4, -0.2) is 24.6 Å². The molecule has 0 aliphatic rings. The molecule has 1 heterocycles. The molecule has 6 nitrogen and oxygen atoms in total. The second kappa shape index (κ2) is 8.69. The number of oxazole rings is 1. The molecule has 0 radical (unpaired) electrons. The van der Waals surface area contributed by atoms with Crippen molar-refractivity contribution < 1.29 is 18.7 Å². The lowest BCUT2D eigenvalue weighted by molar-refractivity contribution is -0.115. The Morgan fingerprint density at radius 2 is 1.73 bits per heavy atom. The summed E-state index contributed by atoms with van der Waals surface area (Å²) in [6.07, 6.45) is 0.276. The number of carbonyl (C=O) groups excluding carboxylic acids is 1. The maximum absolute atomic E-state index is 12.4. The topological polar surface area (TPSA) is 73.6 Å². The number of nitrogens with zero attached hydrogens (tertiary/aromatic N) is 1. The van der Waals surface area contributed by atoms with Gasteiger partial charge in [0.05, 0.1) is 20.1 Å². The number of hydrogen-bond acceptors (Lipinski definition) is 5. The molecule has 0 bridgehead atoms. The van der Waals surface area contributed by atoms with E-state index in [0.717, 1.165) is 28.1 Å². The van der Waals surface area contributed by atoms with Gasteiger partial charge in [0.25, 0.3) is 0 Å². The Labute approximate surface area is 174 Å². The minimum Gasteiger partial charge on any atom is -0.497 e. The monoisotopic (exact) mass is 402 g/mol. The Bertz CT molecular complexity index is 1150. The first kappa shape index (κ1) is 19.5. The molecule has 0 aliphatic carbocycles. The average Bonchev–Trinajstić information content (AvgIpc) is 3.19. The Morgan fingerprint density at radius 3 is 2.43 bits per heavy atom. The summed E-state index contributed by atoms with van der Waals surface area (Å²) in [6, 6.07) is 20.5. The van der Waals surface area contributed by atoms with Crippen LogP contribution in [0.3, 0.4) is 0 Å². The maximum atomic E-state index is 12.4. The van der Waals surface area contributed by atoms with Crippen LogP contribution in [0.5, 0.6) is 11.5 Å². The highest BCUT2D eigenvalue weighted by Crippen LogP contribution is 2.27. The summed E-state index contributed by atoms with van der Waals surface area (Å²) in [5.74, 6) is 1.98. The fraction of sp³-hybridized carbons (Fsp3) is 0.167. The smallest absolute Gasteiger partial charge is 0.228 e. The van der Waals surface area contributed by atoms with E-state index in [4.69, 9.17) is 13.9 Å². The molecule has 1 amide bonds. The number of fused-ring (bicyclic) bond motifs is 1. The predicted molar refractivity (Wildman–Crippen MR) is 116 cm³/mol. The number of ether oxygens (including phenoxy) is 2. The number of anilines is 1. The van der Waals surface area contributed by atoms with Crippen LogP contribution in [0.15, 0.2) is 71.1 Å². The van der Waals surface area contributed by atoms with Gasteiger partial charge in [-0.3, -0.25) is 4.79 Å². The van der Waals surface area contributed by atoms with Crippen LogP contribution < -0.4 is 14.8 Å². The van der Waals surface area contributed by atoms with E-state index in [0.29, 0.717) is 23.8 Å². The van der Waals surface area contributed by atoms with Crippen molar-refractivity contribution in [2.75, 3.05) is 19.0 Å². The van der Waals surface area contributed by atoms with Crippen LogP contribution in [0.4, 0.5) is 5.69 Å². The van der Waals surface area contributed by atoms with E-state index in [-0.39, 0.29) is 12.3 Å². The maximum Gasteiger partial charge on any atom is 0.228 e. The van der Waals surface area contributed by atoms with E-state index in [1.165, 1.54) is 0 Å². The molecule has 0 fully saturated rings. The minimum atomic E-state index is -0.103. The van der Waals surface area contributed by atoms with E-state index in [1.54, 1.807) is 13.2 Å². The SMILES string of the molecule is CCOc1ccc(CC(=O)Nc2ccc3nc(-c4ccc(OC)cc4)oc3c2)cc1. The van der Waals surface area contributed by atoms with Gasteiger partial charge in [0.2, 0.25) is 11.8 Å². The predicted octanol–water partition coefficient (Wildman–Crippen LogP) is 5.08. The molecule has 3 aromatic carbocycles. The molecule has 0 aliphatic heterocycles. The zero-order valence-electron chi connectivity index (χ0n) is 16.8. The molecule has 0 saturated carbocycles. The number of hydrogen-bond donors (Lipinski definition) is 1. The van der Waals surface area contributed by atoms with Crippen LogP contribution in [-0.2, 0) is 11.2 Å². The van der Waals surface area contributed by atoms with Crippen molar-refractivity contribution in [1.82, 2.24) is 4.98 Å². The van der Waals surface area contributed by atoms with Gasteiger partial charge in [-0.05, 0) is 61.0 Å². The third kappa shape index (κ3) is 4.43. The van der Waals surface area contributed by atoms with E-state index in [2.05, 4.69) is 10.3 Å². The van der Waals surface area contributed by atoms with Crippen molar-refractivity contribution in [3.63, 3.8) is 0 Å². The Hall–Kier alpha value is -3.80. The third-order valence-corrected chi connectivity index (χ3v) is 4.61. The Balaban J connectivity index is 1.45. The average molecular weight is 402 g/mol. The number of nitrogens with one attached hydrogen (secondary N) is 1. The van der Waals surface area contributed by atoms with Gasteiger partial charge in [-0.25, -0.2) is 4.98 Å². The second-order valence-electron chi connectivity index (χ2n) is 6.73. The van der Waals surface area contributed by atoms with E-state index >= 15 is 0 Å². The van der Waals surface area contributed by atoms with Crippen molar-refractivity contribution in [3.8, 4) is 23.0 Å². The summed E-state index contributed by atoms with van der Waals surface area (Å²) in [5, 5.41) is 2.91. The normalized spacial score (nSPS) is 10.7. The second-order valence-corrected chi connectivity index (χ2v) is 6.73. The van der Waals surface area contributed by atoms with Crippen LogP contribution in [0.2, 0.25) is 0 Å². The first-order chi connectivity index (χ1) is 14.6. The van der Waals surface area contributed by atoms with Gasteiger partial charge < -0.3 is 19.2 Å². The quantitative estimate of drug-likeness (QED) is 0.466. The molecule has 0 atom stereocenters. The number of methoxy groups -OCH3 is 1. The molecule has 0 spiro atoms. The lowest BCUT2D eigenvalue weighted by Gasteiger charge is -2.06. The van der Waals surface area contributed by atoms with E-state index in [9.17, 15) is 4.79 Å². The third-order valence-electron chi connectivity index (χ3n) is 4.61. The summed E-state index contributed by atoms with van der Waals surface area (Å²) in [4.78, 5) is 16.9. The zero-order chi connectivity index (χ0) is 20.9. The molecule has 0 unspecified atom stereocenters. The van der Waals surface area contributed by atoms with Crippen molar-refractivity contribution >= 4 is 22.7 Å². The number of carbonyl (C=O) groups is 1. The van der Waals surface area contributed by atoms with E-state index < -0.39 is 0 Å². The summed E-state index contributed by atoms with van der Waals surface area (Å²) < 4.78 is 16.5. The van der Waals surface area contributed by atoms with Gasteiger partial charge in [-0.2, -0.15) is 0 Å². The number of amides is 1. The molecule has 1 aromatic heterocycles. The minimum absolute atomic E-state index is 0.103. The van der Waals surface area contributed by atoms with Crippen molar-refractivity contribution in [3.05, 3.63) is 72.3 Å². The first-order valence-electron chi connectivity index (χ1n) is 9.71. The molecule has 0 saturated heterocycles. The molecule has 30 heavy (non-hydrogen) atoms. The van der Waals surface area contributed by atoms with Gasteiger partial charge in [0, 0.05) is 17.3 Å². The summed E-state index contributed by atoms with van der Waals surface area (Å²) in [7, 11) is 1.63. The molecule has 6 heteroatoms. The molecule has 4 rings (SSSR count). The zero-order valence-corrected chi connectivity index (χ0v) is 16.8. The van der Waals surface area contributed by atoms with Crippen LogP contribution in [0, 0.1) is 0 Å². The first-order valence-corrected chi connectivity index (χ1v) is 9.71. The molecule has 4 aromatic rings. The summed E-state index contributed by atoms with van der Waals surface area (Å²) >= 11 is 0. The van der Waals surface area contributed by atoms with E-state index in [1.807, 2.05) is 67.6 Å². The van der Waals surface area contributed by atoms with Gasteiger partial charge in [0.15, 0.2) is 5.58 Å². The Morgan fingerprint density at radius 1 is 1.00 bits per heavy atom. The summed E-state index contributed by atoms with van der Waals surface area (Å²) in [5.41, 5.74) is 3.77. The highest BCUT2D eigenvalue weighted by molar-refractivity contribution is 5.94. The molecular weight excluding hydrogens is 380 g/mol. The standard InChI is InChI=1S/C24H22N2O4/c1-3-29-20-9-4-16(5-10-20)14-23(27)25-18-8-13-21-22(15-18)30-24(26-21)17-6-11-19(28-2)12-7-17/h4-13,15H,3,14H2,1-2H3,(H,25,27). The van der Waals surface area contributed by atoms with Crippen molar-refractivity contribution in [2.24, 2.45) is 0 Å². The van der Waals surface area contributed by atoms with Crippen molar-refractivity contribution in [2.45, 2.75) is 13.3 Å². The van der Waals surface area contributed by atoms with Gasteiger partial charge >= 0.3 is 0 Å². The fourth-order valence-corrected chi connectivity index (χ4v) is 3.12. The largest absolute Gasteiger partial charge is 0.497 e. The highest BCUT2D eigenvalue weighted by atomic mass is 16.5. The van der Waals surface area contributed by atoms with Gasteiger partial charge in [-0.1, -0.05) is 12.1 Å². The highest BCUT2D eigenvalue weighted by Gasteiger charge is 2.11. The van der Waals surface area contributed by atoms with Crippen LogP contribution in [0.25, 0.3) is 22.6 Å². The number of rotatable bonds is 7. The number of benzene rings is 3. The van der Waals surface area contributed by atoms with Crippen LogP contribution in [0.1, 0.15) is 12.5 Å².